The molecule has 0 bridgehead atoms. The highest BCUT2D eigenvalue weighted by Gasteiger charge is 2.35. The van der Waals surface area contributed by atoms with Crippen molar-refractivity contribution in [2.24, 2.45) is 0 Å². The summed E-state index contributed by atoms with van der Waals surface area (Å²) >= 11 is 5.61. The molecule has 1 aliphatic rings. The van der Waals surface area contributed by atoms with Crippen LogP contribution in [0.25, 0.3) is 0 Å². The van der Waals surface area contributed by atoms with Gasteiger partial charge in [-0.3, -0.25) is 0 Å². The van der Waals surface area contributed by atoms with E-state index in [0.717, 1.165) is 18.9 Å². The second-order valence-corrected chi connectivity index (χ2v) is 5.95. The number of hydrogen-bond donors (Lipinski definition) is 0. The van der Waals surface area contributed by atoms with Crippen molar-refractivity contribution in [1.82, 2.24) is 0 Å². The molecule has 1 atom stereocenters. The lowest BCUT2D eigenvalue weighted by Crippen LogP contribution is -2.32. The fourth-order valence-electron chi connectivity index (χ4n) is 2.28. The van der Waals surface area contributed by atoms with Gasteiger partial charge in [-0.15, -0.1) is 0 Å². The molecule has 1 nitrogen and oxygen atoms in total. The quantitative estimate of drug-likeness (QED) is 0.705. The molecule has 19 heavy (non-hydrogen) atoms. The summed E-state index contributed by atoms with van der Waals surface area (Å²) in [4.78, 5) is 0. The molecule has 0 aliphatic carbocycles. The van der Waals surface area contributed by atoms with Crippen molar-refractivity contribution in [3.63, 3.8) is 0 Å². The van der Waals surface area contributed by atoms with Crippen LogP contribution in [0.4, 0.5) is 13.2 Å². The van der Waals surface area contributed by atoms with E-state index in [1.54, 1.807) is 6.07 Å². The Balaban J connectivity index is 2.23. The fourth-order valence-corrected chi connectivity index (χ4v) is 2.51. The van der Waals surface area contributed by atoms with Crippen molar-refractivity contribution in [2.75, 3.05) is 6.61 Å². The van der Waals surface area contributed by atoms with Gasteiger partial charge in [-0.25, -0.2) is 0 Å². The molecule has 0 saturated carbocycles. The summed E-state index contributed by atoms with van der Waals surface area (Å²) in [5.74, 6) is 0.00592. The summed E-state index contributed by atoms with van der Waals surface area (Å²) in [6, 6.07) is 4.12. The lowest BCUT2D eigenvalue weighted by molar-refractivity contribution is -0.137. The van der Waals surface area contributed by atoms with Crippen molar-refractivity contribution >= 4 is 11.6 Å². The van der Waals surface area contributed by atoms with Crippen LogP contribution in [0.5, 0.6) is 0 Å². The first-order chi connectivity index (χ1) is 8.69. The van der Waals surface area contributed by atoms with E-state index in [2.05, 4.69) is 0 Å². The van der Waals surface area contributed by atoms with Gasteiger partial charge in [-0.1, -0.05) is 17.7 Å². The normalized spacial score (nSPS) is 23.4. The highest BCUT2D eigenvalue weighted by Crippen LogP contribution is 2.39. The fraction of sp³-hybridized carbons (Fsp3) is 0.571. The Morgan fingerprint density at radius 1 is 1.32 bits per heavy atom. The predicted molar refractivity (Wildman–Crippen MR) is 68.5 cm³/mol. The van der Waals surface area contributed by atoms with E-state index in [4.69, 9.17) is 16.3 Å². The zero-order valence-electron chi connectivity index (χ0n) is 10.9. The lowest BCUT2D eigenvalue weighted by atomic mass is 9.86. The smallest absolute Gasteiger partial charge is 0.375 e. The van der Waals surface area contributed by atoms with Crippen molar-refractivity contribution in [3.8, 4) is 0 Å². The molecule has 106 valence electrons. The molecule has 5 heteroatoms. The van der Waals surface area contributed by atoms with Gasteiger partial charge in [0.2, 0.25) is 0 Å². The first-order valence-corrected chi connectivity index (χ1v) is 6.57. The predicted octanol–water partition coefficient (Wildman–Crippen LogP) is 5.03. The molecule has 1 unspecified atom stereocenters. The van der Waals surface area contributed by atoms with E-state index < -0.39 is 11.7 Å². The molecule has 1 fully saturated rings. The molecular weight excluding hydrogens is 277 g/mol. The minimum Gasteiger partial charge on any atom is -0.375 e. The molecule has 0 radical (unpaired) electrons. The molecule has 0 N–H and O–H groups in total. The number of halogens is 4. The van der Waals surface area contributed by atoms with Crippen LogP contribution in [0.2, 0.25) is 5.02 Å². The number of alkyl halides is 3. The van der Waals surface area contributed by atoms with Crippen LogP contribution < -0.4 is 0 Å². The van der Waals surface area contributed by atoms with Crippen molar-refractivity contribution < 1.29 is 17.9 Å². The minimum absolute atomic E-state index is 0.00592. The summed E-state index contributed by atoms with van der Waals surface area (Å²) in [5.41, 5.74) is -0.306. The maximum atomic E-state index is 12.8. The Bertz CT molecular complexity index is 458. The monoisotopic (exact) mass is 292 g/mol. The Morgan fingerprint density at radius 3 is 2.53 bits per heavy atom. The summed E-state index contributed by atoms with van der Waals surface area (Å²) < 4.78 is 44.1. The molecule has 1 aromatic carbocycles. The average molecular weight is 293 g/mol. The summed E-state index contributed by atoms with van der Waals surface area (Å²) in [7, 11) is 0. The van der Waals surface area contributed by atoms with Crippen LogP contribution in [-0.2, 0) is 10.9 Å². The van der Waals surface area contributed by atoms with E-state index in [0.29, 0.717) is 12.2 Å². The first kappa shape index (κ1) is 14.7. The molecule has 1 aromatic rings. The van der Waals surface area contributed by atoms with E-state index >= 15 is 0 Å². The van der Waals surface area contributed by atoms with Gasteiger partial charge < -0.3 is 4.74 Å². The molecule has 2 rings (SSSR count). The molecule has 1 aliphatic heterocycles. The van der Waals surface area contributed by atoms with Gasteiger partial charge in [-0.2, -0.15) is 13.2 Å². The van der Waals surface area contributed by atoms with Gasteiger partial charge in [0.05, 0.1) is 22.8 Å². The highest BCUT2D eigenvalue weighted by molar-refractivity contribution is 6.31. The molecule has 0 aromatic heterocycles. The van der Waals surface area contributed by atoms with Gasteiger partial charge in [0.1, 0.15) is 0 Å². The Hall–Kier alpha value is -0.740. The highest BCUT2D eigenvalue weighted by atomic mass is 35.5. The van der Waals surface area contributed by atoms with Crippen LogP contribution >= 0.6 is 11.6 Å². The summed E-state index contributed by atoms with van der Waals surface area (Å²) in [5, 5.41) is -0.256. The third-order valence-electron chi connectivity index (χ3n) is 3.54. The van der Waals surface area contributed by atoms with Crippen LogP contribution in [-0.4, -0.2) is 12.2 Å². The lowest BCUT2D eigenvalue weighted by Gasteiger charge is -2.35. The van der Waals surface area contributed by atoms with Crippen LogP contribution in [0.1, 0.15) is 43.7 Å². The Morgan fingerprint density at radius 2 is 2.00 bits per heavy atom. The molecule has 0 spiro atoms. The number of hydrogen-bond acceptors (Lipinski definition) is 1. The maximum absolute atomic E-state index is 12.8. The van der Waals surface area contributed by atoms with Crippen LogP contribution in [0.3, 0.4) is 0 Å². The largest absolute Gasteiger partial charge is 0.417 e. The SMILES string of the molecule is CC1(C)CCC(c2ccc(Cl)c(C(F)(F)F)c2)CO1. The molecule has 0 amide bonds. The summed E-state index contributed by atoms with van der Waals surface area (Å²) in [6.07, 6.45) is -2.75. The number of ether oxygens (including phenoxy) is 1. The van der Waals surface area contributed by atoms with Gasteiger partial charge in [0, 0.05) is 5.92 Å². The second kappa shape index (κ2) is 4.98. The van der Waals surface area contributed by atoms with Crippen LogP contribution in [0.15, 0.2) is 18.2 Å². The molecule has 1 saturated heterocycles. The van der Waals surface area contributed by atoms with Gasteiger partial charge >= 0.3 is 6.18 Å². The Kier molecular flexibility index (Phi) is 3.85. The third kappa shape index (κ3) is 3.42. The zero-order chi connectivity index (χ0) is 14.3. The number of benzene rings is 1. The summed E-state index contributed by atoms with van der Waals surface area (Å²) in [6.45, 7) is 4.43. The van der Waals surface area contributed by atoms with Gasteiger partial charge in [0.15, 0.2) is 0 Å². The van der Waals surface area contributed by atoms with E-state index in [9.17, 15) is 13.2 Å². The molecular formula is C14H16ClF3O. The van der Waals surface area contributed by atoms with Crippen molar-refractivity contribution in [2.45, 2.75) is 44.4 Å². The standard InChI is InChI=1S/C14H16ClF3O/c1-13(2)6-5-10(8-19-13)9-3-4-12(15)11(7-9)14(16,17)18/h3-4,7,10H,5-6,8H2,1-2H3. The first-order valence-electron chi connectivity index (χ1n) is 6.20. The maximum Gasteiger partial charge on any atom is 0.417 e. The van der Waals surface area contributed by atoms with Gasteiger partial charge in [-0.05, 0) is 44.4 Å². The average Bonchev–Trinajstić information content (AvgIpc) is 2.28. The third-order valence-corrected chi connectivity index (χ3v) is 3.87. The second-order valence-electron chi connectivity index (χ2n) is 5.54. The van der Waals surface area contributed by atoms with Crippen molar-refractivity contribution in [3.05, 3.63) is 34.3 Å². The van der Waals surface area contributed by atoms with Crippen LogP contribution in [0, 0.1) is 0 Å². The Labute approximate surface area is 115 Å². The topological polar surface area (TPSA) is 9.23 Å². The van der Waals surface area contributed by atoms with E-state index in [-0.39, 0.29) is 16.5 Å². The minimum atomic E-state index is -4.41. The van der Waals surface area contributed by atoms with Crippen molar-refractivity contribution in [1.29, 1.82) is 0 Å². The number of rotatable bonds is 1. The van der Waals surface area contributed by atoms with E-state index in [1.807, 2.05) is 13.8 Å². The van der Waals surface area contributed by atoms with Gasteiger partial charge in [0.25, 0.3) is 0 Å². The van der Waals surface area contributed by atoms with E-state index in [1.165, 1.54) is 6.07 Å². The molecule has 1 heterocycles. The zero-order valence-corrected chi connectivity index (χ0v) is 11.6.